The Labute approximate surface area is 123 Å². The Kier molecular flexibility index (Phi) is 4.35. The lowest BCUT2D eigenvalue weighted by molar-refractivity contribution is 0.0697. The van der Waals surface area contributed by atoms with E-state index in [4.69, 9.17) is 5.11 Å². The van der Waals surface area contributed by atoms with E-state index >= 15 is 0 Å². The standard InChI is InChI=1S/C15H20N2O4/c1-9-4-3-5-10(2)17(9)15(21)16-13-7-6-11(18)8-12(13)14(19)20/h6-10,18H,3-5H2,1-2H3,(H,16,21)(H,19,20). The second-order valence-electron chi connectivity index (χ2n) is 5.50. The van der Waals surface area contributed by atoms with Crippen molar-refractivity contribution in [3.8, 4) is 5.75 Å². The van der Waals surface area contributed by atoms with E-state index in [1.807, 2.05) is 13.8 Å². The minimum atomic E-state index is -1.19. The molecule has 1 aliphatic rings. The van der Waals surface area contributed by atoms with E-state index in [2.05, 4.69) is 5.32 Å². The lowest BCUT2D eigenvalue weighted by Crippen LogP contribution is -2.49. The van der Waals surface area contributed by atoms with Gasteiger partial charge in [-0.2, -0.15) is 0 Å². The zero-order valence-electron chi connectivity index (χ0n) is 12.2. The van der Waals surface area contributed by atoms with Gasteiger partial charge in [0.1, 0.15) is 5.75 Å². The Morgan fingerprint density at radius 3 is 2.43 bits per heavy atom. The lowest BCUT2D eigenvalue weighted by Gasteiger charge is -2.39. The highest BCUT2D eigenvalue weighted by atomic mass is 16.4. The van der Waals surface area contributed by atoms with E-state index in [1.165, 1.54) is 12.1 Å². The Morgan fingerprint density at radius 2 is 1.86 bits per heavy atom. The molecule has 1 saturated heterocycles. The fraction of sp³-hybridized carbons (Fsp3) is 0.467. The molecule has 0 radical (unpaired) electrons. The smallest absolute Gasteiger partial charge is 0.337 e. The van der Waals surface area contributed by atoms with Crippen LogP contribution in [-0.4, -0.2) is 39.2 Å². The molecule has 0 aliphatic carbocycles. The number of aromatic carboxylic acids is 1. The molecule has 1 aliphatic heterocycles. The number of hydrogen-bond donors (Lipinski definition) is 3. The number of nitrogens with one attached hydrogen (secondary N) is 1. The number of carboxylic acid groups (broad SMARTS) is 1. The summed E-state index contributed by atoms with van der Waals surface area (Å²) >= 11 is 0. The third-order valence-electron chi connectivity index (χ3n) is 3.90. The molecule has 0 bridgehead atoms. The third kappa shape index (κ3) is 3.26. The SMILES string of the molecule is CC1CCCC(C)N1C(=O)Nc1ccc(O)cc1C(=O)O. The average molecular weight is 292 g/mol. The number of likely N-dealkylation sites (tertiary alicyclic amines) is 1. The first-order valence-electron chi connectivity index (χ1n) is 7.05. The van der Waals surface area contributed by atoms with Crippen molar-refractivity contribution in [1.82, 2.24) is 4.90 Å². The molecular formula is C15H20N2O4. The summed E-state index contributed by atoms with van der Waals surface area (Å²) in [6.45, 7) is 3.98. The zero-order valence-corrected chi connectivity index (χ0v) is 12.2. The molecular weight excluding hydrogens is 272 g/mol. The minimum Gasteiger partial charge on any atom is -0.508 e. The van der Waals surface area contributed by atoms with Crippen LogP contribution in [0.3, 0.4) is 0 Å². The van der Waals surface area contributed by atoms with Gasteiger partial charge in [-0.3, -0.25) is 0 Å². The first-order chi connectivity index (χ1) is 9.90. The maximum absolute atomic E-state index is 12.4. The average Bonchev–Trinajstić information content (AvgIpc) is 2.40. The summed E-state index contributed by atoms with van der Waals surface area (Å²) in [5, 5.41) is 21.2. The number of nitrogens with zero attached hydrogens (tertiary/aromatic N) is 1. The fourth-order valence-electron chi connectivity index (χ4n) is 2.82. The highest BCUT2D eigenvalue weighted by Gasteiger charge is 2.29. The first kappa shape index (κ1) is 15.2. The molecule has 0 saturated carbocycles. The van der Waals surface area contributed by atoms with E-state index in [0.29, 0.717) is 0 Å². The molecule has 1 aromatic carbocycles. The number of carbonyl (C=O) groups excluding carboxylic acids is 1. The highest BCUT2D eigenvalue weighted by molar-refractivity contribution is 6.00. The van der Waals surface area contributed by atoms with Crippen LogP contribution >= 0.6 is 0 Å². The second-order valence-corrected chi connectivity index (χ2v) is 5.50. The zero-order chi connectivity index (χ0) is 15.6. The summed E-state index contributed by atoms with van der Waals surface area (Å²) in [6.07, 6.45) is 2.98. The number of piperidine rings is 1. The molecule has 1 fully saturated rings. The van der Waals surface area contributed by atoms with E-state index < -0.39 is 5.97 Å². The highest BCUT2D eigenvalue weighted by Crippen LogP contribution is 2.26. The molecule has 0 spiro atoms. The van der Waals surface area contributed by atoms with Crippen molar-refractivity contribution in [3.05, 3.63) is 23.8 Å². The van der Waals surface area contributed by atoms with Gasteiger partial charge >= 0.3 is 12.0 Å². The molecule has 1 aromatic rings. The van der Waals surface area contributed by atoms with Gasteiger partial charge in [-0.1, -0.05) is 0 Å². The molecule has 21 heavy (non-hydrogen) atoms. The van der Waals surface area contributed by atoms with Crippen molar-refractivity contribution in [2.24, 2.45) is 0 Å². The summed E-state index contributed by atoms with van der Waals surface area (Å²) in [7, 11) is 0. The van der Waals surface area contributed by atoms with Crippen LogP contribution in [0.2, 0.25) is 0 Å². The van der Waals surface area contributed by atoms with Gasteiger partial charge in [0, 0.05) is 12.1 Å². The molecule has 2 rings (SSSR count). The number of anilines is 1. The summed E-state index contributed by atoms with van der Waals surface area (Å²) < 4.78 is 0. The summed E-state index contributed by atoms with van der Waals surface area (Å²) in [6, 6.07) is 3.82. The van der Waals surface area contributed by atoms with E-state index in [-0.39, 0.29) is 35.1 Å². The Balaban J connectivity index is 2.21. The van der Waals surface area contributed by atoms with Gasteiger partial charge in [0.05, 0.1) is 11.3 Å². The van der Waals surface area contributed by atoms with Crippen LogP contribution in [0.1, 0.15) is 43.5 Å². The van der Waals surface area contributed by atoms with Crippen LogP contribution in [-0.2, 0) is 0 Å². The van der Waals surface area contributed by atoms with Gasteiger partial charge in [0.25, 0.3) is 0 Å². The van der Waals surface area contributed by atoms with Crippen molar-refractivity contribution in [3.63, 3.8) is 0 Å². The molecule has 1 heterocycles. The monoisotopic (exact) mass is 292 g/mol. The maximum atomic E-state index is 12.4. The number of carbonyl (C=O) groups is 2. The predicted octanol–water partition coefficient (Wildman–Crippen LogP) is 2.89. The van der Waals surface area contributed by atoms with Crippen LogP contribution in [0.25, 0.3) is 0 Å². The molecule has 2 unspecified atom stereocenters. The van der Waals surface area contributed by atoms with Crippen molar-refractivity contribution in [2.75, 3.05) is 5.32 Å². The van der Waals surface area contributed by atoms with Gasteiger partial charge < -0.3 is 20.4 Å². The number of amides is 2. The number of hydrogen-bond acceptors (Lipinski definition) is 3. The molecule has 2 atom stereocenters. The number of urea groups is 1. The largest absolute Gasteiger partial charge is 0.508 e. The van der Waals surface area contributed by atoms with E-state index in [0.717, 1.165) is 25.3 Å². The van der Waals surface area contributed by atoms with E-state index in [1.54, 1.807) is 4.90 Å². The first-order valence-corrected chi connectivity index (χ1v) is 7.05. The Hall–Kier alpha value is -2.24. The molecule has 0 aromatic heterocycles. The molecule has 2 amide bonds. The summed E-state index contributed by atoms with van der Waals surface area (Å²) in [4.78, 5) is 25.3. The van der Waals surface area contributed by atoms with E-state index in [9.17, 15) is 14.7 Å². The number of benzene rings is 1. The summed E-state index contributed by atoms with van der Waals surface area (Å²) in [5.41, 5.74) is 0.0657. The van der Waals surface area contributed by atoms with Crippen LogP contribution in [0.4, 0.5) is 10.5 Å². The number of aromatic hydroxyl groups is 1. The molecule has 6 heteroatoms. The van der Waals surface area contributed by atoms with Gasteiger partial charge in [-0.15, -0.1) is 0 Å². The van der Waals surface area contributed by atoms with Crippen LogP contribution in [0.15, 0.2) is 18.2 Å². The quantitative estimate of drug-likeness (QED) is 0.731. The van der Waals surface area contributed by atoms with Gasteiger partial charge in [-0.25, -0.2) is 9.59 Å². The van der Waals surface area contributed by atoms with Crippen LogP contribution in [0, 0.1) is 0 Å². The maximum Gasteiger partial charge on any atom is 0.337 e. The molecule has 6 nitrogen and oxygen atoms in total. The lowest BCUT2D eigenvalue weighted by atomic mass is 9.98. The third-order valence-corrected chi connectivity index (χ3v) is 3.90. The second kappa shape index (κ2) is 6.03. The van der Waals surface area contributed by atoms with Crippen molar-refractivity contribution in [2.45, 2.75) is 45.2 Å². The topological polar surface area (TPSA) is 89.9 Å². The van der Waals surface area contributed by atoms with Gasteiger partial charge in [0.2, 0.25) is 0 Å². The number of carboxylic acids is 1. The van der Waals surface area contributed by atoms with Gasteiger partial charge in [-0.05, 0) is 51.3 Å². The normalized spacial score (nSPS) is 21.9. The number of rotatable bonds is 2. The van der Waals surface area contributed by atoms with Crippen LogP contribution in [0.5, 0.6) is 5.75 Å². The van der Waals surface area contributed by atoms with Crippen molar-refractivity contribution < 1.29 is 19.8 Å². The predicted molar refractivity (Wildman–Crippen MR) is 78.7 cm³/mol. The Morgan fingerprint density at radius 1 is 1.24 bits per heavy atom. The number of phenolic OH excluding ortho intramolecular Hbond substituents is 1. The fourth-order valence-corrected chi connectivity index (χ4v) is 2.82. The molecule has 114 valence electrons. The van der Waals surface area contributed by atoms with Crippen LogP contribution < -0.4 is 5.32 Å². The van der Waals surface area contributed by atoms with Crippen molar-refractivity contribution >= 4 is 17.7 Å². The van der Waals surface area contributed by atoms with Gasteiger partial charge in [0.15, 0.2) is 0 Å². The molecule has 3 N–H and O–H groups in total. The Bertz CT molecular complexity index is 549. The van der Waals surface area contributed by atoms with Crippen molar-refractivity contribution in [1.29, 1.82) is 0 Å². The summed E-state index contributed by atoms with van der Waals surface area (Å²) in [5.74, 6) is -1.34. The minimum absolute atomic E-state index is 0.124. The number of phenols is 1.